The van der Waals surface area contributed by atoms with Gasteiger partial charge in [-0.2, -0.15) is 10.2 Å². The summed E-state index contributed by atoms with van der Waals surface area (Å²) < 4.78 is 48.5. The van der Waals surface area contributed by atoms with Gasteiger partial charge in [0.25, 0.3) is 14.4 Å². The van der Waals surface area contributed by atoms with E-state index >= 15 is 0 Å². The molecule has 5 aromatic rings. The number of ether oxygens (including phenoxy) is 5. The Morgan fingerprint density at radius 3 is 1.94 bits per heavy atom. The topological polar surface area (TPSA) is 156 Å². The Balaban J connectivity index is 1.46. The lowest BCUT2D eigenvalue weighted by Gasteiger charge is -2.39. The molecule has 4 aromatic carbocycles. The van der Waals surface area contributed by atoms with Crippen LogP contribution in [0.2, 0.25) is 0 Å². The highest BCUT2D eigenvalue weighted by Crippen LogP contribution is 2.51. The van der Waals surface area contributed by atoms with E-state index in [2.05, 4.69) is 48.7 Å². The second-order valence-corrected chi connectivity index (χ2v) is 16.9. The highest BCUT2D eigenvalue weighted by atomic mass is 31.2. The van der Waals surface area contributed by atoms with E-state index in [4.69, 9.17) is 32.7 Å². The Hall–Kier alpha value is -5.49. The minimum atomic E-state index is -1.82. The van der Waals surface area contributed by atoms with Gasteiger partial charge < -0.3 is 38.0 Å². The second-order valence-electron chi connectivity index (χ2n) is 15.5. The van der Waals surface area contributed by atoms with E-state index in [0.29, 0.717) is 22.6 Å². The fourth-order valence-corrected chi connectivity index (χ4v) is 9.54. The van der Waals surface area contributed by atoms with E-state index in [-0.39, 0.29) is 37.5 Å². The smallest absolute Gasteiger partial charge is 0.351 e. The molecule has 0 saturated carbocycles. The molecule has 5 atom stereocenters. The Morgan fingerprint density at radius 1 is 0.857 bits per heavy atom. The van der Waals surface area contributed by atoms with E-state index in [1.54, 1.807) is 51.6 Å². The summed E-state index contributed by atoms with van der Waals surface area (Å²) in [7, 11) is 2.96. The number of aryl methyl sites for hydroxylation is 1. The molecule has 1 aliphatic rings. The van der Waals surface area contributed by atoms with Gasteiger partial charge in [0, 0.05) is 36.5 Å². The highest BCUT2D eigenvalue weighted by molar-refractivity contribution is 7.44. The summed E-state index contributed by atoms with van der Waals surface area (Å²) in [4.78, 5) is 31.4. The minimum absolute atomic E-state index is 0.00371. The summed E-state index contributed by atoms with van der Waals surface area (Å²) in [6, 6.07) is 36.2. The molecule has 63 heavy (non-hydrogen) atoms. The normalized spacial score (nSPS) is 18.1. The van der Waals surface area contributed by atoms with Gasteiger partial charge in [-0.15, -0.1) is 0 Å². The number of amides is 1. The first kappa shape index (κ1) is 47.0. The number of hydrogen-bond acceptors (Lipinski definition) is 12. The summed E-state index contributed by atoms with van der Waals surface area (Å²) in [5.41, 5.74) is 1.52. The molecule has 1 saturated heterocycles. The number of nitriles is 1. The number of hydrogen-bond donors (Lipinski definition) is 1. The van der Waals surface area contributed by atoms with Crippen molar-refractivity contribution in [3.05, 3.63) is 154 Å². The average molecular weight is 878 g/mol. The monoisotopic (exact) mass is 877 g/mol. The molecule has 14 nitrogen and oxygen atoms in total. The first-order valence-electron chi connectivity index (χ1n) is 20.8. The van der Waals surface area contributed by atoms with Gasteiger partial charge in [-0.05, 0) is 87.7 Å². The Bertz CT molecular complexity index is 2290. The zero-order valence-electron chi connectivity index (χ0n) is 37.0. The van der Waals surface area contributed by atoms with Crippen LogP contribution in [0.25, 0.3) is 0 Å². The molecule has 1 fully saturated rings. The summed E-state index contributed by atoms with van der Waals surface area (Å²) in [6.45, 7) is 10.0. The third-order valence-corrected chi connectivity index (χ3v) is 12.9. The Kier molecular flexibility index (Phi) is 16.2. The number of carbonyl (C=O) groups excluding carboxylic acids is 1. The number of nitrogens with one attached hydrogen (secondary N) is 1. The van der Waals surface area contributed by atoms with E-state index in [1.807, 2.05) is 84.9 Å². The van der Waals surface area contributed by atoms with Crippen LogP contribution in [0, 0.1) is 18.3 Å². The van der Waals surface area contributed by atoms with Gasteiger partial charge in [-0.3, -0.25) is 9.36 Å². The molecule has 1 amide bonds. The molecule has 0 spiro atoms. The van der Waals surface area contributed by atoms with Crippen molar-refractivity contribution < 1.29 is 37.5 Å². The molecule has 1 aromatic heterocycles. The lowest BCUT2D eigenvalue weighted by Crippen LogP contribution is -2.43. The van der Waals surface area contributed by atoms with Crippen LogP contribution < -0.4 is 20.5 Å². The molecule has 2 heterocycles. The van der Waals surface area contributed by atoms with Crippen molar-refractivity contribution in [1.82, 2.24) is 14.2 Å². The van der Waals surface area contributed by atoms with Crippen molar-refractivity contribution in [2.24, 2.45) is 0 Å². The lowest BCUT2D eigenvalue weighted by molar-refractivity contribution is -0.0957. The standard InChI is InChI=1S/C48H56N5O9P/c1-32(2)53(33(3)4)63(60-29-15-28-49)62-42-41(61-46(43(42)58-8)52-30-34(5)44(51-47(52)55)50-45(54)35-16-11-9-12-17-35)31-59-48(36-18-13-10-14-19-36,37-20-24-39(56-6)25-21-37)38-22-26-40(57-7)27-23-38/h9-14,16-27,30,32-33,41-43,46H,15,29,31H2,1-8H3,(H,50,51,54,55)/t41-,42+,43?,46-,63?/m1/s1. The number of aromatic nitrogens is 2. The van der Waals surface area contributed by atoms with Crippen molar-refractivity contribution in [1.29, 1.82) is 5.26 Å². The predicted octanol–water partition coefficient (Wildman–Crippen LogP) is 8.40. The van der Waals surface area contributed by atoms with Gasteiger partial charge in [-0.25, -0.2) is 9.46 Å². The minimum Gasteiger partial charge on any atom is -0.497 e. The summed E-state index contributed by atoms with van der Waals surface area (Å²) in [5, 5.41) is 12.2. The molecular weight excluding hydrogens is 822 g/mol. The molecule has 2 unspecified atom stereocenters. The molecule has 0 aliphatic carbocycles. The van der Waals surface area contributed by atoms with Crippen LogP contribution in [0.15, 0.2) is 120 Å². The van der Waals surface area contributed by atoms with Crippen molar-refractivity contribution in [2.75, 3.05) is 39.9 Å². The fraction of sp³-hybridized carbons (Fsp3) is 0.375. The maximum Gasteiger partial charge on any atom is 0.351 e. The molecule has 332 valence electrons. The van der Waals surface area contributed by atoms with E-state index in [9.17, 15) is 14.9 Å². The first-order valence-corrected chi connectivity index (χ1v) is 22.0. The highest BCUT2D eigenvalue weighted by Gasteiger charge is 2.51. The van der Waals surface area contributed by atoms with Gasteiger partial charge >= 0.3 is 5.69 Å². The molecule has 6 rings (SSSR count). The molecule has 0 radical (unpaired) electrons. The summed E-state index contributed by atoms with van der Waals surface area (Å²) in [6.07, 6.45) is -1.93. The predicted molar refractivity (Wildman–Crippen MR) is 241 cm³/mol. The van der Waals surface area contributed by atoms with Crippen molar-refractivity contribution in [3.8, 4) is 17.6 Å². The van der Waals surface area contributed by atoms with Crippen LogP contribution in [0.5, 0.6) is 11.5 Å². The second kappa shape index (κ2) is 21.7. The van der Waals surface area contributed by atoms with Gasteiger partial charge in [0.1, 0.15) is 41.2 Å². The first-order chi connectivity index (χ1) is 30.4. The number of carbonyl (C=O) groups is 1. The third-order valence-electron chi connectivity index (χ3n) is 10.7. The number of methoxy groups -OCH3 is 3. The fourth-order valence-electron chi connectivity index (χ4n) is 7.77. The Morgan fingerprint density at radius 2 is 1.41 bits per heavy atom. The van der Waals surface area contributed by atoms with Crippen LogP contribution in [0.1, 0.15) is 73.0 Å². The number of anilines is 1. The quantitative estimate of drug-likeness (QED) is 0.0454. The van der Waals surface area contributed by atoms with Crippen LogP contribution in [-0.4, -0.2) is 85.1 Å². The van der Waals surface area contributed by atoms with Crippen LogP contribution >= 0.6 is 8.53 Å². The van der Waals surface area contributed by atoms with Crippen molar-refractivity contribution in [2.45, 2.75) is 83.3 Å². The van der Waals surface area contributed by atoms with E-state index in [0.717, 1.165) is 16.7 Å². The van der Waals surface area contributed by atoms with Gasteiger partial charge in [0.15, 0.2) is 6.23 Å². The zero-order chi connectivity index (χ0) is 45.1. The van der Waals surface area contributed by atoms with Crippen LogP contribution in [0.4, 0.5) is 5.82 Å². The van der Waals surface area contributed by atoms with E-state index in [1.165, 1.54) is 11.7 Å². The number of rotatable bonds is 20. The molecule has 0 bridgehead atoms. The SMILES string of the molecule is COc1ccc(C(OC[C@H]2O[C@@H](n3cc(C)c(NC(=O)c4ccccc4)nc3=O)C(OC)[C@H]2OP(OCCC#N)N(C(C)C)C(C)C)(c2ccccc2)c2ccc(OC)cc2)cc1. The summed E-state index contributed by atoms with van der Waals surface area (Å²) in [5.74, 6) is 1.08. The van der Waals surface area contributed by atoms with Crippen molar-refractivity contribution >= 4 is 20.3 Å². The number of nitrogens with zero attached hydrogens (tertiary/aromatic N) is 4. The van der Waals surface area contributed by atoms with E-state index < -0.39 is 50.3 Å². The zero-order valence-corrected chi connectivity index (χ0v) is 37.9. The van der Waals surface area contributed by atoms with Crippen LogP contribution in [-0.2, 0) is 28.9 Å². The van der Waals surface area contributed by atoms with Gasteiger partial charge in [0.05, 0.1) is 39.9 Å². The van der Waals surface area contributed by atoms with Crippen molar-refractivity contribution in [3.63, 3.8) is 0 Å². The average Bonchev–Trinajstić information content (AvgIpc) is 3.64. The third kappa shape index (κ3) is 10.7. The molecular formula is C48H56N5O9P. The van der Waals surface area contributed by atoms with Gasteiger partial charge in [0.2, 0.25) is 0 Å². The maximum atomic E-state index is 14.0. The summed E-state index contributed by atoms with van der Waals surface area (Å²) >= 11 is 0. The number of benzene rings is 4. The molecule has 1 N–H and O–H groups in total. The molecule has 1 aliphatic heterocycles. The van der Waals surface area contributed by atoms with Gasteiger partial charge in [-0.1, -0.05) is 72.8 Å². The molecule has 15 heteroatoms. The Labute approximate surface area is 370 Å². The lowest BCUT2D eigenvalue weighted by atomic mass is 9.80. The van der Waals surface area contributed by atoms with Crippen LogP contribution in [0.3, 0.4) is 0 Å². The maximum absolute atomic E-state index is 14.0. The largest absolute Gasteiger partial charge is 0.497 e.